The largest absolute Gasteiger partial charge is 0.315 e. The monoisotopic (exact) mass is 366 g/mol. The van der Waals surface area contributed by atoms with E-state index in [2.05, 4.69) is 36.0 Å². The molecule has 3 rings (SSSR count). The molecule has 0 spiro atoms. The summed E-state index contributed by atoms with van der Waals surface area (Å²) in [5.41, 5.74) is 0.675. The minimum absolute atomic E-state index is 0.174. The van der Waals surface area contributed by atoms with Gasteiger partial charge >= 0.3 is 0 Å². The van der Waals surface area contributed by atoms with Gasteiger partial charge in [0.05, 0.1) is 0 Å². The second-order valence-corrected chi connectivity index (χ2v) is 6.57. The minimum Gasteiger partial charge on any atom is -0.315 e. The molecule has 0 radical (unpaired) electrons. The fourth-order valence-corrected chi connectivity index (χ4v) is 3.24. The van der Waals surface area contributed by atoms with E-state index < -0.39 is 0 Å². The van der Waals surface area contributed by atoms with Crippen molar-refractivity contribution in [1.82, 2.24) is 20.1 Å². The van der Waals surface area contributed by atoms with Crippen molar-refractivity contribution in [2.45, 2.75) is 45.2 Å². The minimum atomic E-state index is -0.174. The third kappa shape index (κ3) is 3.73. The van der Waals surface area contributed by atoms with Gasteiger partial charge in [-0.2, -0.15) is 0 Å². The van der Waals surface area contributed by atoms with Crippen LogP contribution in [-0.2, 0) is 25.9 Å². The first kappa shape index (κ1) is 15.6. The van der Waals surface area contributed by atoms with Crippen LogP contribution in [0.3, 0.4) is 0 Å². The van der Waals surface area contributed by atoms with E-state index in [1.165, 1.54) is 25.3 Å². The van der Waals surface area contributed by atoms with E-state index >= 15 is 0 Å². The number of benzene rings is 1. The highest BCUT2D eigenvalue weighted by molar-refractivity contribution is 9.10. The van der Waals surface area contributed by atoms with Crippen molar-refractivity contribution in [3.05, 3.63) is 45.7 Å². The molecule has 6 heteroatoms. The second-order valence-electron chi connectivity index (χ2n) is 5.66. The Morgan fingerprint density at radius 2 is 2.14 bits per heavy atom. The Morgan fingerprint density at radius 3 is 3.05 bits per heavy atom. The van der Waals surface area contributed by atoms with Gasteiger partial charge in [0.2, 0.25) is 0 Å². The van der Waals surface area contributed by atoms with Crippen LogP contribution in [0.4, 0.5) is 4.39 Å². The number of nitrogens with one attached hydrogen (secondary N) is 1. The van der Waals surface area contributed by atoms with Crippen molar-refractivity contribution in [3.63, 3.8) is 0 Å². The quantitative estimate of drug-likeness (QED) is 0.826. The predicted molar refractivity (Wildman–Crippen MR) is 87.1 cm³/mol. The zero-order valence-electron chi connectivity index (χ0n) is 12.5. The first-order chi connectivity index (χ1) is 10.7. The second kappa shape index (κ2) is 7.33. The summed E-state index contributed by atoms with van der Waals surface area (Å²) >= 11 is 3.37. The summed E-state index contributed by atoms with van der Waals surface area (Å²) in [5.74, 6) is 1.98. The van der Waals surface area contributed by atoms with Crippen molar-refractivity contribution in [2.75, 3.05) is 6.54 Å². The molecule has 1 N–H and O–H groups in total. The van der Waals surface area contributed by atoms with E-state index in [9.17, 15) is 4.39 Å². The molecule has 1 aliphatic heterocycles. The molecule has 4 nitrogen and oxygen atoms in total. The molecule has 0 aliphatic carbocycles. The van der Waals surface area contributed by atoms with Crippen LogP contribution in [0, 0.1) is 5.82 Å². The summed E-state index contributed by atoms with van der Waals surface area (Å²) in [5, 5.41) is 11.9. The van der Waals surface area contributed by atoms with E-state index in [0.717, 1.165) is 42.1 Å². The Hall–Kier alpha value is -1.27. The summed E-state index contributed by atoms with van der Waals surface area (Å²) in [6.45, 7) is 2.31. The van der Waals surface area contributed by atoms with Crippen molar-refractivity contribution in [1.29, 1.82) is 0 Å². The summed E-state index contributed by atoms with van der Waals surface area (Å²) < 4.78 is 16.8. The molecule has 0 atom stereocenters. The number of aromatic nitrogens is 3. The zero-order chi connectivity index (χ0) is 15.4. The molecule has 118 valence electrons. The van der Waals surface area contributed by atoms with E-state index in [-0.39, 0.29) is 5.82 Å². The van der Waals surface area contributed by atoms with Crippen LogP contribution in [0.1, 0.15) is 36.5 Å². The molecule has 2 aromatic rings. The van der Waals surface area contributed by atoms with Crippen LogP contribution >= 0.6 is 15.9 Å². The number of nitrogens with zero attached hydrogens (tertiary/aromatic N) is 3. The highest BCUT2D eigenvalue weighted by atomic mass is 79.9. The van der Waals surface area contributed by atoms with E-state index in [1.54, 1.807) is 6.07 Å². The van der Waals surface area contributed by atoms with Gasteiger partial charge in [-0.15, -0.1) is 10.2 Å². The van der Waals surface area contributed by atoms with Crippen molar-refractivity contribution in [2.24, 2.45) is 0 Å². The molecule has 0 fully saturated rings. The molecular weight excluding hydrogens is 347 g/mol. The number of hydrogen-bond acceptors (Lipinski definition) is 3. The standard InChI is InChI=1S/C16H20BrFN4/c17-13-5-6-14(18)12(10-13)11-19-8-7-16-21-20-15-4-2-1-3-9-22(15)16/h5-6,10,19H,1-4,7-9,11H2. The number of hydrogen-bond donors (Lipinski definition) is 1. The lowest BCUT2D eigenvalue weighted by Gasteiger charge is -2.08. The molecule has 0 bridgehead atoms. The maximum absolute atomic E-state index is 13.7. The first-order valence-electron chi connectivity index (χ1n) is 7.79. The van der Waals surface area contributed by atoms with Gasteiger partial charge in [0.1, 0.15) is 17.5 Å². The van der Waals surface area contributed by atoms with Gasteiger partial charge in [0.25, 0.3) is 0 Å². The average molecular weight is 367 g/mol. The highest BCUT2D eigenvalue weighted by Crippen LogP contribution is 2.16. The molecule has 0 amide bonds. The van der Waals surface area contributed by atoms with Crippen molar-refractivity contribution >= 4 is 15.9 Å². The van der Waals surface area contributed by atoms with Crippen molar-refractivity contribution < 1.29 is 4.39 Å². The number of halogens is 2. The van der Waals surface area contributed by atoms with E-state index in [4.69, 9.17) is 0 Å². The van der Waals surface area contributed by atoms with Crippen LogP contribution in [0.2, 0.25) is 0 Å². The SMILES string of the molecule is Fc1ccc(Br)cc1CNCCc1nnc2n1CCCCC2. The first-order valence-corrected chi connectivity index (χ1v) is 8.59. The lowest BCUT2D eigenvalue weighted by molar-refractivity contribution is 0.570. The van der Waals surface area contributed by atoms with Gasteiger partial charge in [0, 0.05) is 42.5 Å². The van der Waals surface area contributed by atoms with Gasteiger partial charge in [0.15, 0.2) is 0 Å². The molecule has 22 heavy (non-hydrogen) atoms. The lowest BCUT2D eigenvalue weighted by Crippen LogP contribution is -2.19. The predicted octanol–water partition coefficient (Wildman–Crippen LogP) is 3.24. The molecular formula is C16H20BrFN4. The van der Waals surface area contributed by atoms with E-state index in [0.29, 0.717) is 12.1 Å². The average Bonchev–Trinajstić information content (AvgIpc) is 2.74. The summed E-state index contributed by atoms with van der Waals surface area (Å²) in [6, 6.07) is 5.01. The van der Waals surface area contributed by atoms with Crippen LogP contribution in [-0.4, -0.2) is 21.3 Å². The van der Waals surface area contributed by atoms with Crippen LogP contribution in [0.5, 0.6) is 0 Å². The fraction of sp³-hybridized carbons (Fsp3) is 0.500. The topological polar surface area (TPSA) is 42.7 Å². The molecule has 1 aromatic carbocycles. The lowest BCUT2D eigenvalue weighted by atomic mass is 10.2. The normalized spacial score (nSPS) is 14.6. The molecule has 0 unspecified atom stereocenters. The Labute approximate surface area is 138 Å². The van der Waals surface area contributed by atoms with Gasteiger partial charge in [-0.25, -0.2) is 4.39 Å². The Bertz CT molecular complexity index is 641. The van der Waals surface area contributed by atoms with E-state index in [1.807, 2.05) is 6.07 Å². The summed E-state index contributed by atoms with van der Waals surface area (Å²) in [7, 11) is 0. The van der Waals surface area contributed by atoms with Gasteiger partial charge in [-0.3, -0.25) is 0 Å². The molecule has 2 heterocycles. The number of rotatable bonds is 5. The molecule has 1 aromatic heterocycles. The smallest absolute Gasteiger partial charge is 0.134 e. The maximum Gasteiger partial charge on any atom is 0.134 e. The Morgan fingerprint density at radius 1 is 1.23 bits per heavy atom. The summed E-state index contributed by atoms with van der Waals surface area (Å²) in [6.07, 6.45) is 5.53. The Kier molecular flexibility index (Phi) is 5.20. The van der Waals surface area contributed by atoms with Gasteiger partial charge in [-0.05, 0) is 31.0 Å². The zero-order valence-corrected chi connectivity index (χ0v) is 14.1. The Balaban J connectivity index is 1.53. The van der Waals surface area contributed by atoms with Crippen LogP contribution < -0.4 is 5.32 Å². The molecule has 1 aliphatic rings. The third-order valence-corrected chi connectivity index (χ3v) is 4.53. The summed E-state index contributed by atoms with van der Waals surface area (Å²) in [4.78, 5) is 0. The van der Waals surface area contributed by atoms with Crippen LogP contribution in [0.15, 0.2) is 22.7 Å². The fourth-order valence-electron chi connectivity index (χ4n) is 2.83. The number of fused-ring (bicyclic) bond motifs is 1. The number of aryl methyl sites for hydroxylation is 1. The maximum atomic E-state index is 13.7. The van der Waals surface area contributed by atoms with Crippen molar-refractivity contribution in [3.8, 4) is 0 Å². The highest BCUT2D eigenvalue weighted by Gasteiger charge is 2.14. The van der Waals surface area contributed by atoms with Gasteiger partial charge < -0.3 is 9.88 Å². The third-order valence-electron chi connectivity index (χ3n) is 4.03. The molecule has 0 saturated heterocycles. The molecule has 0 saturated carbocycles. The van der Waals surface area contributed by atoms with Crippen LogP contribution in [0.25, 0.3) is 0 Å². The van der Waals surface area contributed by atoms with Gasteiger partial charge in [-0.1, -0.05) is 22.4 Å².